The number of nitriles is 1. The summed E-state index contributed by atoms with van der Waals surface area (Å²) in [6, 6.07) is 21.0. The fourth-order valence-electron chi connectivity index (χ4n) is 2.33. The van der Waals surface area contributed by atoms with E-state index in [4.69, 9.17) is 23.2 Å². The van der Waals surface area contributed by atoms with Gasteiger partial charge in [0.2, 0.25) is 0 Å². The van der Waals surface area contributed by atoms with Gasteiger partial charge in [0.15, 0.2) is 0 Å². The Bertz CT molecular complexity index is 900. The van der Waals surface area contributed by atoms with Gasteiger partial charge < -0.3 is 4.57 Å². The van der Waals surface area contributed by atoms with Crippen LogP contribution in [0.4, 0.5) is 0 Å². The number of aromatic nitrogens is 1. The summed E-state index contributed by atoms with van der Waals surface area (Å²) in [6.07, 6.45) is 3.79. The van der Waals surface area contributed by atoms with E-state index in [-0.39, 0.29) is 0 Å². The molecule has 2 aromatic carbocycles. The van der Waals surface area contributed by atoms with E-state index < -0.39 is 0 Å². The van der Waals surface area contributed by atoms with E-state index in [2.05, 4.69) is 6.07 Å². The molecule has 4 heteroatoms. The highest BCUT2D eigenvalue weighted by molar-refractivity contribution is 6.31. The molecule has 0 atom stereocenters. The summed E-state index contributed by atoms with van der Waals surface area (Å²) in [5.41, 5.74) is 3.24. The number of nitrogens with zero attached hydrogens (tertiary/aromatic N) is 2. The Balaban J connectivity index is 2.04. The molecule has 0 amide bonds. The number of hydrogen-bond acceptors (Lipinski definition) is 1. The van der Waals surface area contributed by atoms with Crippen molar-refractivity contribution in [1.82, 2.24) is 4.57 Å². The molecule has 0 fully saturated rings. The van der Waals surface area contributed by atoms with Gasteiger partial charge in [-0.05, 0) is 60.2 Å². The fourth-order valence-corrected chi connectivity index (χ4v) is 2.65. The van der Waals surface area contributed by atoms with E-state index in [9.17, 15) is 5.26 Å². The molecule has 0 radical (unpaired) electrons. The third-order valence-electron chi connectivity index (χ3n) is 3.43. The van der Waals surface area contributed by atoms with Crippen molar-refractivity contribution in [2.75, 3.05) is 0 Å². The zero-order valence-corrected chi connectivity index (χ0v) is 13.6. The van der Waals surface area contributed by atoms with Gasteiger partial charge in [0, 0.05) is 27.6 Å². The number of rotatable bonds is 3. The van der Waals surface area contributed by atoms with Crippen molar-refractivity contribution < 1.29 is 0 Å². The molecule has 0 bridgehead atoms. The molecule has 0 unspecified atom stereocenters. The molecule has 0 spiro atoms. The van der Waals surface area contributed by atoms with Crippen LogP contribution in [0.3, 0.4) is 0 Å². The molecule has 3 rings (SSSR count). The second-order valence-corrected chi connectivity index (χ2v) is 5.83. The van der Waals surface area contributed by atoms with Crippen molar-refractivity contribution >= 4 is 34.9 Å². The maximum Gasteiger partial charge on any atom is 0.0998 e. The molecule has 3 aromatic rings. The van der Waals surface area contributed by atoms with Gasteiger partial charge in [0.1, 0.15) is 0 Å². The lowest BCUT2D eigenvalue weighted by Gasteiger charge is -2.07. The Labute approximate surface area is 144 Å². The molecule has 112 valence electrons. The first-order chi connectivity index (χ1) is 11.2. The Hall–Kier alpha value is -2.47. The number of hydrogen-bond donors (Lipinski definition) is 0. The van der Waals surface area contributed by atoms with Crippen LogP contribution in [0.5, 0.6) is 0 Å². The Morgan fingerprint density at radius 1 is 0.957 bits per heavy atom. The van der Waals surface area contributed by atoms with E-state index >= 15 is 0 Å². The highest BCUT2D eigenvalue weighted by atomic mass is 35.5. The molecular weight excluding hydrogens is 327 g/mol. The standard InChI is InChI=1S/C19H12Cl2N2/c20-16-6-8-18(9-7-16)23-10-2-5-19(23)12-15(13-22)14-3-1-4-17(21)11-14/h1-12H/b15-12-. The first kappa shape index (κ1) is 15.4. The molecule has 0 aliphatic heterocycles. The summed E-state index contributed by atoms with van der Waals surface area (Å²) in [6.45, 7) is 0. The third kappa shape index (κ3) is 3.48. The number of allylic oxidation sites excluding steroid dienone is 1. The summed E-state index contributed by atoms with van der Waals surface area (Å²) in [5, 5.41) is 10.8. The average Bonchev–Trinajstić information content (AvgIpc) is 3.01. The Morgan fingerprint density at radius 3 is 2.43 bits per heavy atom. The summed E-state index contributed by atoms with van der Waals surface area (Å²) < 4.78 is 2.00. The number of benzene rings is 2. The van der Waals surface area contributed by atoms with Crippen LogP contribution in [0.1, 0.15) is 11.3 Å². The quantitative estimate of drug-likeness (QED) is 0.550. The minimum Gasteiger partial charge on any atom is -0.317 e. The molecule has 1 heterocycles. The summed E-state index contributed by atoms with van der Waals surface area (Å²) in [7, 11) is 0. The van der Waals surface area contributed by atoms with Crippen LogP contribution < -0.4 is 0 Å². The van der Waals surface area contributed by atoms with E-state index in [0.29, 0.717) is 15.6 Å². The van der Waals surface area contributed by atoms with Crippen molar-refractivity contribution in [1.29, 1.82) is 5.26 Å². The lowest BCUT2D eigenvalue weighted by molar-refractivity contribution is 1.06. The molecule has 1 aromatic heterocycles. The van der Waals surface area contributed by atoms with Gasteiger partial charge in [-0.3, -0.25) is 0 Å². The maximum absolute atomic E-state index is 9.48. The molecular formula is C19H12Cl2N2. The summed E-state index contributed by atoms with van der Waals surface area (Å²) in [5.74, 6) is 0. The minimum atomic E-state index is 0.557. The van der Waals surface area contributed by atoms with Crippen LogP contribution >= 0.6 is 23.2 Å². The predicted molar refractivity (Wildman–Crippen MR) is 95.7 cm³/mol. The SMILES string of the molecule is N#C/C(=C/c1cccn1-c1ccc(Cl)cc1)c1cccc(Cl)c1. The smallest absolute Gasteiger partial charge is 0.0998 e. The zero-order chi connectivity index (χ0) is 16.2. The largest absolute Gasteiger partial charge is 0.317 e. The van der Waals surface area contributed by atoms with E-state index in [1.54, 1.807) is 12.1 Å². The van der Waals surface area contributed by atoms with E-state index in [0.717, 1.165) is 16.9 Å². The van der Waals surface area contributed by atoms with E-state index in [1.807, 2.05) is 65.4 Å². The second kappa shape index (κ2) is 6.75. The monoisotopic (exact) mass is 338 g/mol. The van der Waals surface area contributed by atoms with Gasteiger partial charge in [-0.15, -0.1) is 0 Å². The fraction of sp³-hybridized carbons (Fsp3) is 0. The van der Waals surface area contributed by atoms with Crippen LogP contribution in [-0.2, 0) is 0 Å². The molecule has 2 nitrogen and oxygen atoms in total. The topological polar surface area (TPSA) is 28.7 Å². The van der Waals surface area contributed by atoms with Crippen LogP contribution in [0.25, 0.3) is 17.3 Å². The third-order valence-corrected chi connectivity index (χ3v) is 3.92. The lowest BCUT2D eigenvalue weighted by Crippen LogP contribution is -1.94. The van der Waals surface area contributed by atoms with Crippen LogP contribution in [0.2, 0.25) is 10.0 Å². The summed E-state index contributed by atoms with van der Waals surface area (Å²) >= 11 is 12.0. The molecule has 0 aliphatic carbocycles. The van der Waals surface area contributed by atoms with Crippen molar-refractivity contribution in [3.63, 3.8) is 0 Å². The minimum absolute atomic E-state index is 0.557. The van der Waals surface area contributed by atoms with Gasteiger partial charge in [0.05, 0.1) is 11.6 Å². The maximum atomic E-state index is 9.48. The van der Waals surface area contributed by atoms with Gasteiger partial charge in [-0.2, -0.15) is 5.26 Å². The highest BCUT2D eigenvalue weighted by Crippen LogP contribution is 2.23. The van der Waals surface area contributed by atoms with Gasteiger partial charge in [0.25, 0.3) is 0 Å². The first-order valence-electron chi connectivity index (χ1n) is 6.98. The number of halogens is 2. The normalized spacial score (nSPS) is 11.3. The lowest BCUT2D eigenvalue weighted by atomic mass is 10.1. The predicted octanol–water partition coefficient (Wildman–Crippen LogP) is 5.85. The van der Waals surface area contributed by atoms with Crippen molar-refractivity contribution in [3.05, 3.63) is 88.2 Å². The van der Waals surface area contributed by atoms with Crippen molar-refractivity contribution in [2.24, 2.45) is 0 Å². The van der Waals surface area contributed by atoms with Gasteiger partial charge in [-0.1, -0.05) is 35.3 Å². The molecule has 0 N–H and O–H groups in total. The van der Waals surface area contributed by atoms with Crippen LogP contribution in [0.15, 0.2) is 66.9 Å². The van der Waals surface area contributed by atoms with Crippen molar-refractivity contribution in [3.8, 4) is 11.8 Å². The molecule has 0 aliphatic rings. The molecule has 0 saturated heterocycles. The van der Waals surface area contributed by atoms with E-state index in [1.165, 1.54) is 0 Å². The van der Waals surface area contributed by atoms with Crippen LogP contribution in [-0.4, -0.2) is 4.57 Å². The Morgan fingerprint density at radius 2 is 1.74 bits per heavy atom. The van der Waals surface area contributed by atoms with Crippen LogP contribution in [0, 0.1) is 11.3 Å². The van der Waals surface area contributed by atoms with Gasteiger partial charge in [-0.25, -0.2) is 0 Å². The average molecular weight is 339 g/mol. The molecule has 0 saturated carbocycles. The second-order valence-electron chi connectivity index (χ2n) is 4.96. The zero-order valence-electron chi connectivity index (χ0n) is 12.1. The van der Waals surface area contributed by atoms with Gasteiger partial charge >= 0.3 is 0 Å². The first-order valence-corrected chi connectivity index (χ1v) is 7.74. The Kier molecular flexibility index (Phi) is 4.52. The van der Waals surface area contributed by atoms with Crippen molar-refractivity contribution in [2.45, 2.75) is 0 Å². The highest BCUT2D eigenvalue weighted by Gasteiger charge is 2.06. The molecule has 23 heavy (non-hydrogen) atoms. The summed E-state index contributed by atoms with van der Waals surface area (Å²) in [4.78, 5) is 0.